The van der Waals surface area contributed by atoms with Gasteiger partial charge < -0.3 is 10.2 Å². The first-order valence-electron chi connectivity index (χ1n) is 10.1. The third kappa shape index (κ3) is 5.29. The summed E-state index contributed by atoms with van der Waals surface area (Å²) in [4.78, 5) is 15.3. The van der Waals surface area contributed by atoms with Crippen molar-refractivity contribution in [1.29, 1.82) is 0 Å². The van der Waals surface area contributed by atoms with Gasteiger partial charge in [-0.3, -0.25) is 9.10 Å². The van der Waals surface area contributed by atoms with Gasteiger partial charge in [0.05, 0.1) is 11.9 Å². The number of nitrogens with one attached hydrogen (secondary N) is 1. The number of amides is 1. The van der Waals surface area contributed by atoms with E-state index in [4.69, 9.17) is 0 Å². The Morgan fingerprint density at radius 3 is 2.21 bits per heavy atom. The van der Waals surface area contributed by atoms with E-state index in [0.29, 0.717) is 17.8 Å². The lowest BCUT2D eigenvalue weighted by atomic mass is 10.1. The summed E-state index contributed by atoms with van der Waals surface area (Å²) in [6.07, 6.45) is 5.18. The van der Waals surface area contributed by atoms with Crippen LogP contribution in [0.2, 0.25) is 0 Å². The summed E-state index contributed by atoms with van der Waals surface area (Å²) in [5.41, 5.74) is 2.30. The van der Waals surface area contributed by atoms with Crippen molar-refractivity contribution in [1.82, 2.24) is 0 Å². The molecule has 156 valence electrons. The highest BCUT2D eigenvalue weighted by Crippen LogP contribution is 2.25. The lowest BCUT2D eigenvalue weighted by Crippen LogP contribution is -2.46. The monoisotopic (exact) mass is 415 g/mol. The molecule has 1 aliphatic rings. The molecule has 2 aromatic carbocycles. The number of para-hydroxylation sites is 1. The first-order valence-corrected chi connectivity index (χ1v) is 12.0. The van der Waals surface area contributed by atoms with Crippen molar-refractivity contribution in [3.8, 4) is 0 Å². The molecular formula is C22H29N3O3S. The number of sulfonamides is 1. The lowest BCUT2D eigenvalue weighted by Gasteiger charge is -2.30. The maximum absolute atomic E-state index is 13.0. The summed E-state index contributed by atoms with van der Waals surface area (Å²) in [7, 11) is -3.62. The van der Waals surface area contributed by atoms with Crippen LogP contribution in [0.1, 0.15) is 32.6 Å². The Labute approximate surface area is 173 Å². The highest BCUT2D eigenvalue weighted by molar-refractivity contribution is 7.92. The van der Waals surface area contributed by atoms with Gasteiger partial charge in [-0.15, -0.1) is 0 Å². The van der Waals surface area contributed by atoms with Gasteiger partial charge in [0.2, 0.25) is 15.9 Å². The highest BCUT2D eigenvalue weighted by Gasteiger charge is 2.31. The molecule has 2 aromatic rings. The number of nitrogens with zero attached hydrogens (tertiary/aromatic N) is 2. The van der Waals surface area contributed by atoms with Crippen LogP contribution in [-0.2, 0) is 14.8 Å². The average molecular weight is 416 g/mol. The summed E-state index contributed by atoms with van der Waals surface area (Å²) in [6.45, 7) is 3.93. The molecule has 1 atom stereocenters. The number of rotatable bonds is 7. The van der Waals surface area contributed by atoms with E-state index in [9.17, 15) is 13.2 Å². The lowest BCUT2D eigenvalue weighted by molar-refractivity contribution is -0.117. The van der Waals surface area contributed by atoms with E-state index >= 15 is 0 Å². The quantitative estimate of drug-likeness (QED) is 0.745. The molecule has 3 rings (SSSR count). The molecule has 1 N–H and O–H groups in total. The Hall–Kier alpha value is -2.54. The molecule has 7 heteroatoms. The van der Waals surface area contributed by atoms with Crippen LogP contribution in [0, 0.1) is 0 Å². The van der Waals surface area contributed by atoms with E-state index in [1.165, 1.54) is 23.6 Å². The molecule has 1 heterocycles. The molecule has 0 bridgehead atoms. The van der Waals surface area contributed by atoms with E-state index in [1.807, 2.05) is 37.3 Å². The summed E-state index contributed by atoms with van der Waals surface area (Å²) in [5, 5.41) is 2.88. The SMILES string of the molecule is CCC(C(=O)Nc1ccc(N2CCCCC2)cc1)N(c1ccccc1)S(C)(=O)=O. The van der Waals surface area contributed by atoms with Crippen molar-refractivity contribution in [3.05, 3.63) is 54.6 Å². The van der Waals surface area contributed by atoms with E-state index in [0.717, 1.165) is 25.0 Å². The summed E-state index contributed by atoms with van der Waals surface area (Å²) >= 11 is 0. The van der Waals surface area contributed by atoms with Crippen LogP contribution in [0.25, 0.3) is 0 Å². The molecule has 1 saturated heterocycles. The van der Waals surface area contributed by atoms with Gasteiger partial charge in [-0.05, 0) is 62.1 Å². The summed E-state index contributed by atoms with van der Waals surface area (Å²) < 4.78 is 26.1. The first kappa shape index (κ1) is 21.2. The van der Waals surface area contributed by atoms with Crippen molar-refractivity contribution >= 4 is 33.0 Å². The molecule has 6 nitrogen and oxygen atoms in total. The van der Waals surface area contributed by atoms with Crippen molar-refractivity contribution in [3.63, 3.8) is 0 Å². The number of hydrogen-bond acceptors (Lipinski definition) is 4. The molecule has 0 aromatic heterocycles. The van der Waals surface area contributed by atoms with Crippen LogP contribution >= 0.6 is 0 Å². The molecular weight excluding hydrogens is 386 g/mol. The molecule has 29 heavy (non-hydrogen) atoms. The van der Waals surface area contributed by atoms with E-state index in [1.54, 1.807) is 24.3 Å². The number of hydrogen-bond donors (Lipinski definition) is 1. The fourth-order valence-corrected chi connectivity index (χ4v) is 4.98. The third-order valence-corrected chi connectivity index (χ3v) is 6.38. The highest BCUT2D eigenvalue weighted by atomic mass is 32.2. The first-order chi connectivity index (χ1) is 13.9. The summed E-state index contributed by atoms with van der Waals surface area (Å²) in [6, 6.07) is 15.7. The van der Waals surface area contributed by atoms with Gasteiger partial charge in [0.25, 0.3) is 0 Å². The van der Waals surface area contributed by atoms with Crippen LogP contribution in [-0.4, -0.2) is 39.7 Å². The van der Waals surface area contributed by atoms with Gasteiger partial charge in [-0.2, -0.15) is 0 Å². The predicted molar refractivity (Wildman–Crippen MR) is 119 cm³/mol. The maximum atomic E-state index is 13.0. The molecule has 1 amide bonds. The standard InChI is InChI=1S/C22H29N3O3S/c1-3-21(25(29(2,27)28)20-10-6-4-7-11-20)22(26)23-18-12-14-19(15-13-18)24-16-8-5-9-17-24/h4,6-7,10-15,21H,3,5,8-9,16-17H2,1-2H3,(H,23,26). The molecule has 1 aliphatic heterocycles. The average Bonchev–Trinajstić information content (AvgIpc) is 2.72. The number of carbonyl (C=O) groups excluding carboxylic acids is 1. The van der Waals surface area contributed by atoms with Crippen LogP contribution in [0.4, 0.5) is 17.1 Å². The molecule has 1 unspecified atom stereocenters. The van der Waals surface area contributed by atoms with Crippen LogP contribution < -0.4 is 14.5 Å². The second-order valence-corrected chi connectivity index (χ2v) is 9.26. The van der Waals surface area contributed by atoms with Crippen LogP contribution in [0.5, 0.6) is 0 Å². The minimum atomic E-state index is -3.62. The molecule has 1 fully saturated rings. The smallest absolute Gasteiger partial charge is 0.248 e. The normalized spacial score (nSPS) is 15.6. The van der Waals surface area contributed by atoms with Crippen molar-refractivity contribution in [2.45, 2.75) is 38.6 Å². The van der Waals surface area contributed by atoms with Crippen molar-refractivity contribution in [2.75, 3.05) is 33.9 Å². The number of benzene rings is 2. The number of piperidine rings is 1. The Bertz CT molecular complexity index is 908. The fraction of sp³-hybridized carbons (Fsp3) is 0.409. The third-order valence-electron chi connectivity index (χ3n) is 5.20. The fourth-order valence-electron chi connectivity index (χ4n) is 3.77. The largest absolute Gasteiger partial charge is 0.372 e. The van der Waals surface area contributed by atoms with Crippen LogP contribution in [0.3, 0.4) is 0 Å². The predicted octanol–water partition coefficient (Wildman–Crippen LogP) is 3.86. The van der Waals surface area contributed by atoms with Crippen LogP contribution in [0.15, 0.2) is 54.6 Å². The molecule has 0 saturated carbocycles. The van der Waals surface area contributed by atoms with Gasteiger partial charge in [-0.25, -0.2) is 8.42 Å². The minimum absolute atomic E-state index is 0.340. The van der Waals surface area contributed by atoms with Gasteiger partial charge >= 0.3 is 0 Å². The summed E-state index contributed by atoms with van der Waals surface area (Å²) in [5.74, 6) is -0.340. The zero-order valence-corrected chi connectivity index (χ0v) is 17.9. The van der Waals surface area contributed by atoms with Gasteiger partial charge in [-0.1, -0.05) is 25.1 Å². The van der Waals surface area contributed by atoms with E-state index < -0.39 is 16.1 Å². The zero-order chi connectivity index (χ0) is 20.9. The second-order valence-electron chi connectivity index (χ2n) is 7.40. The van der Waals surface area contributed by atoms with Gasteiger partial charge in [0, 0.05) is 24.5 Å². The van der Waals surface area contributed by atoms with E-state index in [-0.39, 0.29) is 5.91 Å². The topological polar surface area (TPSA) is 69.7 Å². The second kappa shape index (κ2) is 9.31. The van der Waals surface area contributed by atoms with E-state index in [2.05, 4.69) is 10.2 Å². The van der Waals surface area contributed by atoms with Crippen molar-refractivity contribution in [2.24, 2.45) is 0 Å². The Balaban J connectivity index is 1.76. The number of carbonyl (C=O) groups is 1. The molecule has 0 aliphatic carbocycles. The Kier molecular flexibility index (Phi) is 6.79. The van der Waals surface area contributed by atoms with Gasteiger partial charge in [0.1, 0.15) is 6.04 Å². The van der Waals surface area contributed by atoms with Crippen molar-refractivity contribution < 1.29 is 13.2 Å². The Morgan fingerprint density at radius 1 is 1.03 bits per heavy atom. The Morgan fingerprint density at radius 2 is 1.66 bits per heavy atom. The minimum Gasteiger partial charge on any atom is -0.372 e. The molecule has 0 radical (unpaired) electrons. The number of anilines is 3. The van der Waals surface area contributed by atoms with Gasteiger partial charge in [0.15, 0.2) is 0 Å². The molecule has 0 spiro atoms. The zero-order valence-electron chi connectivity index (χ0n) is 17.0. The maximum Gasteiger partial charge on any atom is 0.248 e.